The Morgan fingerprint density at radius 3 is 2.50 bits per heavy atom. The summed E-state index contributed by atoms with van der Waals surface area (Å²) in [6.07, 6.45) is 12.6. The van der Waals surface area contributed by atoms with E-state index < -0.39 is 6.43 Å². The van der Waals surface area contributed by atoms with Gasteiger partial charge in [-0.05, 0) is 93.2 Å². The number of hydrogen-bond donors (Lipinski definition) is 1. The van der Waals surface area contributed by atoms with E-state index in [1.54, 1.807) is 61.4 Å². The van der Waals surface area contributed by atoms with Crippen molar-refractivity contribution in [2.24, 2.45) is 13.0 Å². The van der Waals surface area contributed by atoms with E-state index in [-0.39, 0.29) is 41.6 Å². The number of rotatable bonds is 11. The van der Waals surface area contributed by atoms with E-state index in [0.717, 1.165) is 93.6 Å². The summed E-state index contributed by atoms with van der Waals surface area (Å²) in [6, 6.07) is 12.9. The Hall–Kier alpha value is -5.79. The Bertz CT molecular complexity index is 2650. The zero-order valence-electron chi connectivity index (χ0n) is 37.5. The van der Waals surface area contributed by atoms with Gasteiger partial charge in [0.1, 0.15) is 17.9 Å². The third-order valence-electron chi connectivity index (χ3n) is 14.6. The maximum absolute atomic E-state index is 14.7. The quantitative estimate of drug-likeness (QED) is 0.138. The van der Waals surface area contributed by atoms with Crippen LogP contribution in [0.4, 0.5) is 20.3 Å². The third kappa shape index (κ3) is 8.91. The molecular formula is C49H56ClF2N11O3. The van der Waals surface area contributed by atoms with Crippen LogP contribution in [0.25, 0.3) is 11.3 Å². The third-order valence-corrected chi connectivity index (χ3v) is 14.9. The minimum Gasteiger partial charge on any atom is -0.490 e. The summed E-state index contributed by atoms with van der Waals surface area (Å²) in [5.74, 6) is 1.91. The molecule has 0 radical (unpaired) electrons. The average Bonchev–Trinajstić information content (AvgIpc) is 4.07. The first kappa shape index (κ1) is 44.1. The molecule has 2 aliphatic carbocycles. The number of piperidine rings is 1. The molecule has 5 aliphatic rings. The highest BCUT2D eigenvalue weighted by molar-refractivity contribution is 6.31. The molecule has 10 rings (SSSR count). The molecule has 1 saturated heterocycles. The second kappa shape index (κ2) is 18.5. The highest BCUT2D eigenvalue weighted by atomic mass is 35.5. The molecule has 3 fully saturated rings. The molecular weight excluding hydrogens is 864 g/mol. The van der Waals surface area contributed by atoms with E-state index in [9.17, 15) is 18.4 Å². The number of fused-ring (bicyclic) bond motifs is 2. The van der Waals surface area contributed by atoms with Crippen LogP contribution in [-0.2, 0) is 31.2 Å². The fraction of sp³-hybridized carbons (Fsp3) is 0.510. The van der Waals surface area contributed by atoms with Gasteiger partial charge < -0.3 is 24.8 Å². The van der Waals surface area contributed by atoms with Crippen molar-refractivity contribution in [2.75, 3.05) is 37.6 Å². The summed E-state index contributed by atoms with van der Waals surface area (Å²) in [5.41, 5.74) is 5.93. The first-order chi connectivity index (χ1) is 32.0. The smallest absolute Gasteiger partial charge is 0.264 e. The molecule has 14 nitrogen and oxygen atoms in total. The Kier molecular flexibility index (Phi) is 12.3. The SMILES string of the molecule is CC(=O)N1CCc2c(c(N3CCCc4cc(-c5ccn(C)n5)c(C(F)F)cc43)nn2C2CCN(CC3CCC(n4cc(C(=O)NC5CC(Oc6ccc(C#N)c(Cl)c6)C5)cn4)CC3)CC2)C1. The number of carbonyl (C=O) groups is 2. The van der Waals surface area contributed by atoms with Gasteiger partial charge in [0, 0.05) is 119 Å². The number of aromatic nitrogens is 6. The number of nitriles is 1. The summed E-state index contributed by atoms with van der Waals surface area (Å²) >= 11 is 6.15. The predicted octanol–water partition coefficient (Wildman–Crippen LogP) is 8.34. The minimum atomic E-state index is -2.67. The van der Waals surface area contributed by atoms with Gasteiger partial charge in [0.15, 0.2) is 5.82 Å². The van der Waals surface area contributed by atoms with E-state index >= 15 is 0 Å². The molecule has 2 aromatic carbocycles. The van der Waals surface area contributed by atoms with Crippen LogP contribution in [0, 0.1) is 17.2 Å². The van der Waals surface area contributed by atoms with Gasteiger partial charge in [0.2, 0.25) is 5.91 Å². The summed E-state index contributed by atoms with van der Waals surface area (Å²) < 4.78 is 41.3. The molecule has 5 aromatic rings. The van der Waals surface area contributed by atoms with E-state index in [1.807, 2.05) is 21.8 Å². The fourth-order valence-corrected chi connectivity index (χ4v) is 11.1. The Morgan fingerprint density at radius 1 is 0.985 bits per heavy atom. The monoisotopic (exact) mass is 919 g/mol. The number of nitrogens with one attached hydrogen (secondary N) is 1. The molecule has 3 aliphatic heterocycles. The van der Waals surface area contributed by atoms with Crippen LogP contribution < -0.4 is 15.0 Å². The number of anilines is 2. The number of ether oxygens (including phenoxy) is 1. The molecule has 2 saturated carbocycles. The van der Waals surface area contributed by atoms with Crippen molar-refractivity contribution in [3.8, 4) is 23.1 Å². The van der Waals surface area contributed by atoms with Gasteiger partial charge in [0.05, 0.1) is 46.7 Å². The summed E-state index contributed by atoms with van der Waals surface area (Å²) in [7, 11) is 1.79. The van der Waals surface area contributed by atoms with Gasteiger partial charge in [-0.1, -0.05) is 11.6 Å². The molecule has 0 spiro atoms. The summed E-state index contributed by atoms with van der Waals surface area (Å²) in [5, 5.41) is 27.0. The molecule has 1 N–H and O–H groups in total. The lowest BCUT2D eigenvalue weighted by Crippen LogP contribution is -2.48. The van der Waals surface area contributed by atoms with Crippen LogP contribution in [0.1, 0.15) is 122 Å². The lowest BCUT2D eigenvalue weighted by atomic mass is 9.85. The van der Waals surface area contributed by atoms with Crippen molar-refractivity contribution in [1.29, 1.82) is 5.26 Å². The van der Waals surface area contributed by atoms with Crippen molar-refractivity contribution in [3.63, 3.8) is 0 Å². The van der Waals surface area contributed by atoms with Crippen molar-refractivity contribution in [1.82, 2.24) is 44.5 Å². The highest BCUT2D eigenvalue weighted by Gasteiger charge is 2.36. The maximum atomic E-state index is 14.7. The topological polar surface area (TPSA) is 142 Å². The van der Waals surface area contributed by atoms with Crippen LogP contribution >= 0.6 is 11.6 Å². The van der Waals surface area contributed by atoms with E-state index in [1.165, 1.54) is 5.69 Å². The first-order valence-corrected chi connectivity index (χ1v) is 23.9. The Labute approximate surface area is 388 Å². The maximum Gasteiger partial charge on any atom is 0.264 e. The molecule has 0 atom stereocenters. The second-order valence-electron chi connectivity index (χ2n) is 18.9. The fourth-order valence-electron chi connectivity index (χ4n) is 10.9. The van der Waals surface area contributed by atoms with Crippen molar-refractivity contribution < 1.29 is 23.1 Å². The standard InChI is InChI=1S/C49H56ClF2N11O3/c1-30(64)60-19-14-45-42(29-60)48(61-15-3-4-32-20-40(44-13-16-58(2)56-44)41(47(51)52)24-46(32)61)57-63(45)37-11-17-59(18-12-37)27-31-5-8-36(9-6-31)62-28-34(26-54-62)49(65)55-35-21-39(22-35)66-38-10-7-33(25-53)43(50)23-38/h7,10,13,16,20,23-24,26,28,31,35-37,39,47H,3-6,8-9,11-12,14-15,17-19,21-22,27,29H2,1-2H3,(H,55,65). The highest BCUT2D eigenvalue weighted by Crippen LogP contribution is 2.44. The average molecular weight is 921 g/mol. The van der Waals surface area contributed by atoms with Gasteiger partial charge >= 0.3 is 0 Å². The number of carbonyl (C=O) groups excluding carboxylic acids is 2. The number of alkyl halides is 2. The zero-order valence-corrected chi connectivity index (χ0v) is 38.3. The first-order valence-electron chi connectivity index (χ1n) is 23.5. The minimum absolute atomic E-state index is 0.0217. The lowest BCUT2D eigenvalue weighted by molar-refractivity contribution is -0.129. The van der Waals surface area contributed by atoms with Crippen LogP contribution in [0.5, 0.6) is 5.75 Å². The van der Waals surface area contributed by atoms with Crippen molar-refractivity contribution in [3.05, 3.63) is 93.5 Å². The molecule has 17 heteroatoms. The molecule has 3 aromatic heterocycles. The number of nitrogens with zero attached hydrogens (tertiary/aromatic N) is 10. The van der Waals surface area contributed by atoms with E-state index in [2.05, 4.69) is 36.1 Å². The zero-order chi connectivity index (χ0) is 45.6. The van der Waals surface area contributed by atoms with Crippen molar-refractivity contribution >= 4 is 34.9 Å². The molecule has 346 valence electrons. The Morgan fingerprint density at radius 2 is 1.79 bits per heavy atom. The van der Waals surface area contributed by atoms with Crippen LogP contribution in [-0.4, -0.2) is 95.8 Å². The van der Waals surface area contributed by atoms with E-state index in [4.69, 9.17) is 26.7 Å². The Balaban J connectivity index is 0.739. The largest absolute Gasteiger partial charge is 0.490 e. The van der Waals surface area contributed by atoms with Crippen molar-refractivity contribution in [2.45, 2.75) is 115 Å². The normalized spacial score (nSPS) is 22.4. The predicted molar refractivity (Wildman–Crippen MR) is 245 cm³/mol. The number of halogens is 3. The number of hydrogen-bond acceptors (Lipinski definition) is 9. The number of amides is 2. The van der Waals surface area contributed by atoms with E-state index in [0.29, 0.717) is 78.0 Å². The molecule has 6 heterocycles. The number of likely N-dealkylation sites (tertiary alicyclic amines) is 1. The van der Waals surface area contributed by atoms with Gasteiger partial charge in [-0.2, -0.15) is 20.6 Å². The number of aryl methyl sites for hydroxylation is 2. The molecule has 0 bridgehead atoms. The van der Waals surface area contributed by atoms with Crippen LogP contribution in [0.2, 0.25) is 5.02 Å². The van der Waals surface area contributed by atoms with Crippen LogP contribution in [0.15, 0.2) is 55.0 Å². The van der Waals surface area contributed by atoms with Gasteiger partial charge in [-0.15, -0.1) is 0 Å². The summed E-state index contributed by atoms with van der Waals surface area (Å²) in [4.78, 5) is 32.4. The second-order valence-corrected chi connectivity index (χ2v) is 19.3. The molecule has 0 unspecified atom stereocenters. The summed E-state index contributed by atoms with van der Waals surface area (Å²) in [6.45, 7) is 6.38. The van der Waals surface area contributed by atoms with Gasteiger partial charge in [-0.3, -0.25) is 23.6 Å². The van der Waals surface area contributed by atoms with Gasteiger partial charge in [0.25, 0.3) is 12.3 Å². The van der Waals surface area contributed by atoms with Crippen LogP contribution in [0.3, 0.4) is 0 Å². The lowest BCUT2D eigenvalue weighted by Gasteiger charge is -2.37. The molecule has 66 heavy (non-hydrogen) atoms. The van der Waals surface area contributed by atoms with Gasteiger partial charge in [-0.25, -0.2) is 8.78 Å². The molecule has 2 amide bonds. The number of benzene rings is 2.